The molecule has 64 heavy (non-hydrogen) atoms. The quantitative estimate of drug-likeness (QED) is 0.107. The van der Waals surface area contributed by atoms with E-state index in [1.54, 1.807) is 0 Å². The molecular weight excluding hydrogens is 964 g/mol. The Morgan fingerprint density at radius 1 is 0.562 bits per heavy atom. The number of fused-ring (bicyclic) bond motifs is 3. The van der Waals surface area contributed by atoms with Crippen molar-refractivity contribution in [3.63, 3.8) is 0 Å². The number of ether oxygens (including phenoxy) is 1. The summed E-state index contributed by atoms with van der Waals surface area (Å²) in [5.74, 6) is 2.04. The summed E-state index contributed by atoms with van der Waals surface area (Å²) in [6, 6.07) is 58.8. The molecule has 0 amide bonds. The normalized spacial score (nSPS) is 12.4. The summed E-state index contributed by atoms with van der Waals surface area (Å²) in [5.41, 5.74) is 10.2. The molecule has 6 heteroatoms. The number of aromatic nitrogens is 4. The molecule has 0 N–H and O–H groups in total. The summed E-state index contributed by atoms with van der Waals surface area (Å²) in [4.78, 5) is 4.97. The van der Waals surface area contributed by atoms with Gasteiger partial charge in [0.1, 0.15) is 5.82 Å². The zero-order chi connectivity index (χ0) is 44.3. The largest absolute Gasteiger partial charge is 0.510 e. The van der Waals surface area contributed by atoms with Crippen LogP contribution in [-0.2, 0) is 42.7 Å². The van der Waals surface area contributed by atoms with Gasteiger partial charge in [-0.25, -0.2) is 4.98 Å². The molecule has 0 aliphatic carbocycles. The van der Waals surface area contributed by atoms with Crippen LogP contribution in [-0.4, -0.2) is 14.1 Å². The molecule has 5 nitrogen and oxygen atoms in total. The monoisotopic (exact) mass is 1020 g/mol. The van der Waals surface area contributed by atoms with E-state index in [0.29, 0.717) is 11.5 Å². The predicted octanol–water partition coefficient (Wildman–Crippen LogP) is 13.7. The van der Waals surface area contributed by atoms with E-state index < -0.39 is 5.41 Å². The molecule has 0 unspecified atom stereocenters. The first-order valence-electron chi connectivity index (χ1n) is 22.0. The molecule has 0 aliphatic rings. The molecule has 3 heterocycles. The maximum atomic E-state index is 6.92. The second-order valence-corrected chi connectivity index (χ2v) is 19.9. The van der Waals surface area contributed by atoms with Gasteiger partial charge in [-0.1, -0.05) is 171 Å². The van der Waals surface area contributed by atoms with Crippen LogP contribution in [0.3, 0.4) is 0 Å². The van der Waals surface area contributed by atoms with Crippen LogP contribution in [0.1, 0.15) is 103 Å². The molecule has 0 radical (unpaired) electrons. The molecule has 0 bridgehead atoms. The molecule has 0 saturated heterocycles. The van der Waals surface area contributed by atoms with Crippen LogP contribution < -0.4 is 9.30 Å². The Balaban J connectivity index is 0.00000560. The van der Waals surface area contributed by atoms with Gasteiger partial charge in [-0.3, -0.25) is 4.57 Å². The molecule has 3 aromatic heterocycles. The van der Waals surface area contributed by atoms with Crippen LogP contribution in [0, 0.1) is 18.5 Å². The first kappa shape index (κ1) is 44.6. The fourth-order valence-electron chi connectivity index (χ4n) is 8.82. The maximum Gasteiger partial charge on any atom is 0.267 e. The van der Waals surface area contributed by atoms with Crippen LogP contribution in [0.5, 0.6) is 11.5 Å². The summed E-state index contributed by atoms with van der Waals surface area (Å²) >= 11 is 0. The van der Waals surface area contributed by atoms with Gasteiger partial charge in [0.15, 0.2) is 0 Å². The maximum absolute atomic E-state index is 6.92. The summed E-state index contributed by atoms with van der Waals surface area (Å²) in [6.45, 7) is 22.6. The minimum absolute atomic E-state index is 0. The van der Waals surface area contributed by atoms with Gasteiger partial charge in [-0.2, -0.15) is 12.1 Å². The topological polar surface area (TPSA) is 35.9 Å². The van der Waals surface area contributed by atoms with Crippen LogP contribution >= 0.6 is 0 Å². The second kappa shape index (κ2) is 16.8. The van der Waals surface area contributed by atoms with Crippen molar-refractivity contribution in [1.29, 1.82) is 0 Å². The van der Waals surface area contributed by atoms with E-state index in [1.165, 1.54) is 22.3 Å². The molecule has 0 fully saturated rings. The molecule has 9 rings (SSSR count). The number of hydrogen-bond donors (Lipinski definition) is 0. The van der Waals surface area contributed by atoms with Gasteiger partial charge >= 0.3 is 0 Å². The molecule has 326 valence electrons. The molecule has 9 aromatic rings. The first-order valence-corrected chi connectivity index (χ1v) is 22.0. The number of benzene rings is 6. The number of hydrogen-bond acceptors (Lipinski definition) is 2. The Bertz CT molecular complexity index is 3110. The van der Waals surface area contributed by atoms with Gasteiger partial charge in [0.2, 0.25) is 0 Å². The summed E-state index contributed by atoms with van der Waals surface area (Å²) < 4.78 is 13.4. The van der Waals surface area contributed by atoms with Gasteiger partial charge in [0.25, 0.3) is 6.33 Å². The number of imidazole rings is 1. The fourth-order valence-corrected chi connectivity index (χ4v) is 8.82. The summed E-state index contributed by atoms with van der Waals surface area (Å²) in [5, 5.41) is 2.27. The minimum Gasteiger partial charge on any atom is -0.510 e. The smallest absolute Gasteiger partial charge is 0.267 e. The predicted molar refractivity (Wildman–Crippen MR) is 257 cm³/mol. The Morgan fingerprint density at radius 2 is 1.20 bits per heavy atom. The zero-order valence-electron chi connectivity index (χ0n) is 38.5. The third-order valence-electron chi connectivity index (χ3n) is 12.7. The van der Waals surface area contributed by atoms with Crippen LogP contribution in [0.2, 0.25) is 0 Å². The second-order valence-electron chi connectivity index (χ2n) is 19.9. The van der Waals surface area contributed by atoms with Crippen molar-refractivity contribution in [1.82, 2.24) is 14.1 Å². The number of nitrogens with zero attached hydrogens (tertiary/aromatic N) is 4. The van der Waals surface area contributed by atoms with Crippen molar-refractivity contribution in [2.45, 2.75) is 90.9 Å². The van der Waals surface area contributed by atoms with Gasteiger partial charge in [0, 0.05) is 55.9 Å². The Labute approximate surface area is 393 Å². The van der Waals surface area contributed by atoms with E-state index in [0.717, 1.165) is 50.3 Å². The van der Waals surface area contributed by atoms with E-state index >= 15 is 0 Å². The third-order valence-corrected chi connectivity index (χ3v) is 12.7. The van der Waals surface area contributed by atoms with E-state index in [9.17, 15) is 0 Å². The first-order chi connectivity index (χ1) is 30.0. The van der Waals surface area contributed by atoms with Gasteiger partial charge < -0.3 is 13.9 Å². The van der Waals surface area contributed by atoms with E-state index in [2.05, 4.69) is 241 Å². The minimum atomic E-state index is -0.392. The van der Waals surface area contributed by atoms with E-state index in [-0.39, 0.29) is 37.3 Å². The van der Waals surface area contributed by atoms with Crippen molar-refractivity contribution in [2.75, 3.05) is 0 Å². The van der Waals surface area contributed by atoms with Crippen LogP contribution in [0.25, 0.3) is 39.0 Å². The van der Waals surface area contributed by atoms with Gasteiger partial charge in [0.05, 0.1) is 11.4 Å². The molecule has 0 aliphatic heterocycles. The van der Waals surface area contributed by atoms with Crippen molar-refractivity contribution in [2.24, 2.45) is 0 Å². The van der Waals surface area contributed by atoms with Gasteiger partial charge in [-0.05, 0) is 79.9 Å². The standard InChI is InChI=1S/C58H56N4O.Pt/c1-55(2,3)42-31-32-59-53(34-42)62-50-30-18-17-29-48(50)54-49(58(9,10)41-23-15-12-16-24-41)36-47(37-51(54)62)63-46-28-20-27-45(35-46)61-39-60(38-52(61)56(4,5)6)44-26-19-25-43(33-44)57(7,8)40-21-13-11-14-22-40;/h11-34,36,38H,1-10H3;/q-2;. The third kappa shape index (κ3) is 8.27. The van der Waals surface area contributed by atoms with Crippen molar-refractivity contribution in [3.8, 4) is 28.7 Å². The SMILES string of the molecule is CC(C)(C)c1ccnc(-n2c3[c-]c(Oc4[c-]c(-n5[c-][n+](-c6cccc(C(C)(C)c7ccccc7)c6)cc5C(C)(C)C)ccc4)cc(C(C)(C)c4ccccc4)c3c3ccccc32)c1.[Pt]. The molecule has 0 saturated carbocycles. The summed E-state index contributed by atoms with van der Waals surface area (Å²) in [7, 11) is 0. The average Bonchev–Trinajstić information content (AvgIpc) is 3.88. The van der Waals surface area contributed by atoms with Crippen molar-refractivity contribution < 1.29 is 30.4 Å². The van der Waals surface area contributed by atoms with Gasteiger partial charge in [-0.15, -0.1) is 29.8 Å². The fraction of sp³-hybridized carbons (Fsp3) is 0.241. The molecular formula is C58H56N4OPt-2. The van der Waals surface area contributed by atoms with Crippen molar-refractivity contribution >= 4 is 21.8 Å². The molecule has 0 spiro atoms. The Kier molecular flexibility index (Phi) is 11.7. The molecule has 6 aromatic carbocycles. The van der Waals surface area contributed by atoms with Crippen LogP contribution in [0.4, 0.5) is 0 Å². The molecule has 0 atom stereocenters. The van der Waals surface area contributed by atoms with E-state index in [1.807, 2.05) is 18.3 Å². The van der Waals surface area contributed by atoms with Crippen LogP contribution in [0.15, 0.2) is 158 Å². The Morgan fingerprint density at radius 3 is 1.89 bits per heavy atom. The average molecular weight is 1020 g/mol. The number of rotatable bonds is 9. The number of para-hydroxylation sites is 1. The summed E-state index contributed by atoms with van der Waals surface area (Å²) in [6.07, 6.45) is 7.80. The Hall–Kier alpha value is -6.03. The zero-order valence-corrected chi connectivity index (χ0v) is 40.8. The van der Waals surface area contributed by atoms with Crippen molar-refractivity contribution in [3.05, 3.63) is 210 Å². The van der Waals surface area contributed by atoms with E-state index in [4.69, 9.17) is 9.72 Å². The number of pyridine rings is 1.